The van der Waals surface area contributed by atoms with E-state index in [1.54, 1.807) is 0 Å². The molecular formula is C24H32N2O. The Bertz CT molecular complexity index is 696. The Labute approximate surface area is 163 Å². The van der Waals surface area contributed by atoms with Gasteiger partial charge < -0.3 is 10.6 Å². The van der Waals surface area contributed by atoms with Crippen LogP contribution in [0.5, 0.6) is 0 Å². The van der Waals surface area contributed by atoms with Crippen molar-refractivity contribution >= 4 is 5.91 Å². The van der Waals surface area contributed by atoms with Gasteiger partial charge in [0.2, 0.25) is 0 Å². The van der Waals surface area contributed by atoms with Crippen molar-refractivity contribution in [1.82, 2.24) is 10.6 Å². The van der Waals surface area contributed by atoms with Crippen LogP contribution in [0.4, 0.5) is 0 Å². The highest BCUT2D eigenvalue weighted by molar-refractivity contribution is 5.94. The second-order valence-electron chi connectivity index (χ2n) is 7.61. The first kappa shape index (κ1) is 19.6. The zero-order chi connectivity index (χ0) is 18.9. The summed E-state index contributed by atoms with van der Waals surface area (Å²) in [6, 6.07) is 19.3. The van der Waals surface area contributed by atoms with E-state index in [1.807, 2.05) is 12.1 Å². The van der Waals surface area contributed by atoms with Gasteiger partial charge in [0.05, 0.1) is 0 Å². The fraction of sp³-hybridized carbons (Fsp3) is 0.458. The summed E-state index contributed by atoms with van der Waals surface area (Å²) in [5, 5.41) is 6.65. The molecule has 0 bridgehead atoms. The molecule has 0 radical (unpaired) electrons. The lowest BCUT2D eigenvalue weighted by Crippen LogP contribution is -2.24. The molecule has 2 unspecified atom stereocenters. The quantitative estimate of drug-likeness (QED) is 0.549. The molecule has 2 N–H and O–H groups in total. The Hall–Kier alpha value is -2.13. The maximum Gasteiger partial charge on any atom is 0.251 e. The van der Waals surface area contributed by atoms with E-state index >= 15 is 0 Å². The van der Waals surface area contributed by atoms with Crippen molar-refractivity contribution in [1.29, 1.82) is 0 Å². The van der Waals surface area contributed by atoms with Crippen LogP contribution in [0.2, 0.25) is 0 Å². The number of amides is 1. The minimum Gasteiger partial charge on any atom is -0.352 e. The van der Waals surface area contributed by atoms with Crippen molar-refractivity contribution < 1.29 is 4.79 Å². The van der Waals surface area contributed by atoms with Crippen LogP contribution in [0.3, 0.4) is 0 Å². The summed E-state index contributed by atoms with van der Waals surface area (Å²) in [6.07, 6.45) is 7.28. The van der Waals surface area contributed by atoms with Crippen LogP contribution in [0.1, 0.15) is 72.9 Å². The number of unbranched alkanes of at least 4 members (excludes halogenated alkanes) is 4. The molecule has 0 spiro atoms. The molecule has 144 valence electrons. The SMILES string of the molecule is CCCCCCCNC(=O)c1ccc(CNC2CC2c2ccccc2)cc1. The van der Waals surface area contributed by atoms with Gasteiger partial charge in [-0.05, 0) is 36.1 Å². The van der Waals surface area contributed by atoms with E-state index in [4.69, 9.17) is 0 Å². The molecule has 0 saturated heterocycles. The lowest BCUT2D eigenvalue weighted by atomic mass is 10.1. The van der Waals surface area contributed by atoms with Crippen LogP contribution in [0.25, 0.3) is 0 Å². The molecule has 1 aliphatic rings. The van der Waals surface area contributed by atoms with E-state index in [-0.39, 0.29) is 5.91 Å². The number of carbonyl (C=O) groups excluding carboxylic acids is 1. The number of rotatable bonds is 11. The summed E-state index contributed by atoms with van der Waals surface area (Å²) >= 11 is 0. The van der Waals surface area contributed by atoms with Crippen LogP contribution in [0, 0.1) is 0 Å². The van der Waals surface area contributed by atoms with Gasteiger partial charge in [0.1, 0.15) is 0 Å². The molecular weight excluding hydrogens is 332 g/mol. The van der Waals surface area contributed by atoms with Crippen molar-refractivity contribution in [2.75, 3.05) is 6.54 Å². The Morgan fingerprint density at radius 3 is 2.44 bits per heavy atom. The van der Waals surface area contributed by atoms with Gasteiger partial charge in [-0.25, -0.2) is 0 Å². The smallest absolute Gasteiger partial charge is 0.251 e. The van der Waals surface area contributed by atoms with Crippen LogP contribution < -0.4 is 10.6 Å². The molecule has 27 heavy (non-hydrogen) atoms. The molecule has 1 aliphatic carbocycles. The highest BCUT2D eigenvalue weighted by atomic mass is 16.1. The van der Waals surface area contributed by atoms with E-state index < -0.39 is 0 Å². The Kier molecular flexibility index (Phi) is 7.46. The van der Waals surface area contributed by atoms with Gasteiger partial charge in [0.15, 0.2) is 0 Å². The normalized spacial score (nSPS) is 18.3. The summed E-state index contributed by atoms with van der Waals surface area (Å²) in [5.74, 6) is 0.685. The van der Waals surface area contributed by atoms with Crippen LogP contribution in [-0.4, -0.2) is 18.5 Å². The summed E-state index contributed by atoms with van der Waals surface area (Å²) in [7, 11) is 0. The van der Waals surface area contributed by atoms with Gasteiger partial charge in [0.25, 0.3) is 5.91 Å². The lowest BCUT2D eigenvalue weighted by molar-refractivity contribution is 0.0953. The fourth-order valence-corrected chi connectivity index (χ4v) is 3.54. The van der Waals surface area contributed by atoms with Crippen molar-refractivity contribution in [3.63, 3.8) is 0 Å². The standard InChI is InChI=1S/C24H32N2O/c1-2-3-4-5-9-16-25-24(27)21-14-12-19(13-15-21)18-26-23-17-22(23)20-10-7-6-8-11-20/h6-8,10-15,22-23,26H,2-5,9,16-18H2,1H3,(H,25,27). The molecule has 2 aromatic rings. The minimum atomic E-state index is 0.0383. The molecule has 2 atom stereocenters. The lowest BCUT2D eigenvalue weighted by Gasteiger charge is -2.08. The number of hydrogen-bond acceptors (Lipinski definition) is 2. The summed E-state index contributed by atoms with van der Waals surface area (Å²) in [4.78, 5) is 12.2. The molecule has 1 amide bonds. The Balaban J connectivity index is 1.36. The largest absolute Gasteiger partial charge is 0.352 e. The van der Waals surface area contributed by atoms with E-state index in [9.17, 15) is 4.79 Å². The van der Waals surface area contributed by atoms with Crippen molar-refractivity contribution in [3.05, 3.63) is 71.3 Å². The maximum absolute atomic E-state index is 12.2. The predicted molar refractivity (Wildman–Crippen MR) is 112 cm³/mol. The minimum absolute atomic E-state index is 0.0383. The third kappa shape index (κ3) is 6.21. The van der Waals surface area contributed by atoms with E-state index in [0.29, 0.717) is 12.0 Å². The van der Waals surface area contributed by atoms with Gasteiger partial charge in [-0.15, -0.1) is 0 Å². The zero-order valence-electron chi connectivity index (χ0n) is 16.4. The number of hydrogen-bond donors (Lipinski definition) is 2. The number of nitrogens with one attached hydrogen (secondary N) is 2. The fourth-order valence-electron chi connectivity index (χ4n) is 3.54. The third-order valence-electron chi connectivity index (χ3n) is 5.37. The first-order valence-electron chi connectivity index (χ1n) is 10.4. The van der Waals surface area contributed by atoms with Gasteiger partial charge in [0, 0.05) is 30.6 Å². The van der Waals surface area contributed by atoms with Crippen LogP contribution in [-0.2, 0) is 6.54 Å². The zero-order valence-corrected chi connectivity index (χ0v) is 16.4. The van der Waals surface area contributed by atoms with Gasteiger partial charge in [-0.3, -0.25) is 4.79 Å². The van der Waals surface area contributed by atoms with Crippen molar-refractivity contribution in [2.24, 2.45) is 0 Å². The molecule has 3 nitrogen and oxygen atoms in total. The van der Waals surface area contributed by atoms with E-state index in [0.717, 1.165) is 25.1 Å². The summed E-state index contributed by atoms with van der Waals surface area (Å²) in [6.45, 7) is 3.84. The van der Waals surface area contributed by atoms with Crippen LogP contribution in [0.15, 0.2) is 54.6 Å². The Morgan fingerprint density at radius 1 is 0.963 bits per heavy atom. The summed E-state index contributed by atoms with van der Waals surface area (Å²) < 4.78 is 0. The molecule has 0 aliphatic heterocycles. The number of benzene rings is 2. The van der Waals surface area contributed by atoms with Gasteiger partial charge >= 0.3 is 0 Å². The maximum atomic E-state index is 12.2. The second-order valence-corrected chi connectivity index (χ2v) is 7.61. The predicted octanol–water partition coefficient (Wildman–Crippen LogP) is 5.03. The highest BCUT2D eigenvalue weighted by Crippen LogP contribution is 2.40. The monoisotopic (exact) mass is 364 g/mol. The molecule has 1 saturated carbocycles. The Morgan fingerprint density at radius 2 is 1.70 bits per heavy atom. The van der Waals surface area contributed by atoms with E-state index in [2.05, 4.69) is 60.0 Å². The molecule has 3 rings (SSSR count). The average Bonchev–Trinajstić information content (AvgIpc) is 3.50. The van der Waals surface area contributed by atoms with Crippen LogP contribution >= 0.6 is 0 Å². The molecule has 0 heterocycles. The number of carbonyl (C=O) groups is 1. The molecule has 2 aromatic carbocycles. The highest BCUT2D eigenvalue weighted by Gasteiger charge is 2.37. The second kappa shape index (κ2) is 10.3. The van der Waals surface area contributed by atoms with Gasteiger partial charge in [-0.1, -0.05) is 75.1 Å². The third-order valence-corrected chi connectivity index (χ3v) is 5.37. The first-order chi connectivity index (χ1) is 13.3. The van der Waals surface area contributed by atoms with Crippen molar-refractivity contribution in [2.45, 2.75) is 64.0 Å². The topological polar surface area (TPSA) is 41.1 Å². The van der Waals surface area contributed by atoms with Gasteiger partial charge in [-0.2, -0.15) is 0 Å². The van der Waals surface area contributed by atoms with Crippen molar-refractivity contribution in [3.8, 4) is 0 Å². The molecule has 3 heteroatoms. The average molecular weight is 365 g/mol. The first-order valence-corrected chi connectivity index (χ1v) is 10.4. The molecule has 0 aromatic heterocycles. The van der Waals surface area contributed by atoms with E-state index in [1.165, 1.54) is 43.2 Å². The molecule has 1 fully saturated rings. The summed E-state index contributed by atoms with van der Waals surface area (Å²) in [5.41, 5.74) is 3.41.